The predicted octanol–water partition coefficient (Wildman–Crippen LogP) is 4.08. The van der Waals surface area contributed by atoms with Crippen molar-refractivity contribution in [3.05, 3.63) is 47.5 Å². The number of benzene rings is 1. The van der Waals surface area contributed by atoms with Gasteiger partial charge in [0.2, 0.25) is 0 Å². The van der Waals surface area contributed by atoms with Gasteiger partial charge in [-0.15, -0.1) is 0 Å². The highest BCUT2D eigenvalue weighted by Gasteiger charge is 2.11. The van der Waals surface area contributed by atoms with Crippen LogP contribution >= 0.6 is 0 Å². The summed E-state index contributed by atoms with van der Waals surface area (Å²) in [6, 6.07) is 8.35. The number of fused-ring (bicyclic) bond motifs is 1. The lowest BCUT2D eigenvalue weighted by Gasteiger charge is -2.07. The lowest BCUT2D eigenvalue weighted by molar-refractivity contribution is 0.318. The molecule has 0 aliphatic heterocycles. The predicted molar refractivity (Wildman–Crippen MR) is 82.8 cm³/mol. The van der Waals surface area contributed by atoms with Crippen LogP contribution in [0.25, 0.3) is 10.9 Å². The third-order valence-corrected chi connectivity index (χ3v) is 3.72. The molecule has 0 aliphatic carbocycles. The van der Waals surface area contributed by atoms with Gasteiger partial charge in [0, 0.05) is 22.7 Å². The first kappa shape index (κ1) is 13.7. The molecule has 0 amide bonds. The fraction of sp³-hybridized carbons (Fsp3) is 0.353. The Morgan fingerprint density at radius 1 is 1.24 bits per heavy atom. The van der Waals surface area contributed by atoms with Crippen molar-refractivity contribution in [3.63, 3.8) is 0 Å². The van der Waals surface area contributed by atoms with Gasteiger partial charge in [0.05, 0.1) is 18.8 Å². The molecule has 0 unspecified atom stereocenters. The standard InChI is InChI=1S/C17H20N2O2/c1-4-9-20-15-5-6-17-14(10-15)7-8-19(17)11-16-12(2)18-21-13(16)3/h5-8,10H,4,9,11H2,1-3H3. The van der Waals surface area contributed by atoms with Crippen LogP contribution in [0.3, 0.4) is 0 Å². The first-order chi connectivity index (χ1) is 10.2. The van der Waals surface area contributed by atoms with E-state index in [1.165, 1.54) is 10.9 Å². The molecule has 0 fully saturated rings. The van der Waals surface area contributed by atoms with Crippen molar-refractivity contribution in [2.45, 2.75) is 33.7 Å². The van der Waals surface area contributed by atoms with Crippen LogP contribution in [0.1, 0.15) is 30.4 Å². The summed E-state index contributed by atoms with van der Waals surface area (Å²) in [6.45, 7) is 7.58. The minimum Gasteiger partial charge on any atom is -0.494 e. The lowest BCUT2D eigenvalue weighted by atomic mass is 10.2. The van der Waals surface area contributed by atoms with Crippen LogP contribution in [-0.2, 0) is 6.54 Å². The molecule has 0 saturated carbocycles. The Hall–Kier alpha value is -2.23. The van der Waals surface area contributed by atoms with Gasteiger partial charge < -0.3 is 13.8 Å². The number of nitrogens with zero attached hydrogens (tertiary/aromatic N) is 2. The number of hydrogen-bond donors (Lipinski definition) is 0. The molecular formula is C17H20N2O2. The summed E-state index contributed by atoms with van der Waals surface area (Å²) < 4.78 is 13.1. The molecule has 0 radical (unpaired) electrons. The second-order valence-electron chi connectivity index (χ2n) is 5.32. The van der Waals surface area contributed by atoms with Crippen LogP contribution in [0.2, 0.25) is 0 Å². The molecule has 0 bridgehead atoms. The summed E-state index contributed by atoms with van der Waals surface area (Å²) in [5.41, 5.74) is 3.30. The fourth-order valence-corrected chi connectivity index (χ4v) is 2.52. The van der Waals surface area contributed by atoms with Crippen LogP contribution in [0.5, 0.6) is 5.75 Å². The molecule has 0 aliphatic rings. The monoisotopic (exact) mass is 284 g/mol. The van der Waals surface area contributed by atoms with Gasteiger partial charge in [-0.05, 0) is 44.5 Å². The van der Waals surface area contributed by atoms with Crippen molar-refractivity contribution in [1.29, 1.82) is 0 Å². The molecular weight excluding hydrogens is 264 g/mol. The van der Waals surface area contributed by atoms with Crippen molar-refractivity contribution >= 4 is 10.9 Å². The highest BCUT2D eigenvalue weighted by molar-refractivity contribution is 5.81. The largest absolute Gasteiger partial charge is 0.494 e. The van der Waals surface area contributed by atoms with Crippen molar-refractivity contribution < 1.29 is 9.26 Å². The summed E-state index contributed by atoms with van der Waals surface area (Å²) in [4.78, 5) is 0. The zero-order valence-corrected chi connectivity index (χ0v) is 12.7. The minimum absolute atomic E-state index is 0.755. The van der Waals surface area contributed by atoms with E-state index in [1.54, 1.807) is 0 Å². The highest BCUT2D eigenvalue weighted by Crippen LogP contribution is 2.24. The van der Waals surface area contributed by atoms with Gasteiger partial charge in [-0.2, -0.15) is 0 Å². The SMILES string of the molecule is CCCOc1ccc2c(ccn2Cc2c(C)noc2C)c1. The third kappa shape index (κ3) is 2.66. The molecule has 21 heavy (non-hydrogen) atoms. The van der Waals surface area contributed by atoms with Crippen molar-refractivity contribution in [3.8, 4) is 5.75 Å². The quantitative estimate of drug-likeness (QED) is 0.708. The topological polar surface area (TPSA) is 40.2 Å². The molecule has 0 N–H and O–H groups in total. The van der Waals surface area contributed by atoms with Gasteiger partial charge in [-0.3, -0.25) is 0 Å². The Labute approximate surface area is 124 Å². The lowest BCUT2D eigenvalue weighted by Crippen LogP contribution is -2.00. The van der Waals surface area contributed by atoms with E-state index in [9.17, 15) is 0 Å². The van der Waals surface area contributed by atoms with Gasteiger partial charge in [0.1, 0.15) is 11.5 Å². The van der Waals surface area contributed by atoms with Gasteiger partial charge in [-0.25, -0.2) is 0 Å². The van der Waals surface area contributed by atoms with E-state index < -0.39 is 0 Å². The molecule has 0 atom stereocenters. The van der Waals surface area contributed by atoms with E-state index in [2.05, 4.69) is 41.0 Å². The van der Waals surface area contributed by atoms with Crippen molar-refractivity contribution in [2.24, 2.45) is 0 Å². The van der Waals surface area contributed by atoms with Crippen LogP contribution in [0.4, 0.5) is 0 Å². The summed E-state index contributed by atoms with van der Waals surface area (Å²) in [5.74, 6) is 1.82. The number of rotatable bonds is 5. The first-order valence-corrected chi connectivity index (χ1v) is 7.32. The van der Waals surface area contributed by atoms with Crippen molar-refractivity contribution in [2.75, 3.05) is 6.61 Å². The zero-order valence-electron chi connectivity index (χ0n) is 12.7. The second kappa shape index (κ2) is 5.64. The van der Waals surface area contributed by atoms with Crippen LogP contribution in [-0.4, -0.2) is 16.3 Å². The maximum absolute atomic E-state index is 5.68. The number of aryl methyl sites for hydroxylation is 2. The smallest absolute Gasteiger partial charge is 0.138 e. The first-order valence-electron chi connectivity index (χ1n) is 7.32. The Kier molecular flexibility index (Phi) is 3.69. The highest BCUT2D eigenvalue weighted by atomic mass is 16.5. The van der Waals surface area contributed by atoms with Crippen LogP contribution in [0.15, 0.2) is 35.0 Å². The Balaban J connectivity index is 1.90. The molecule has 4 heteroatoms. The molecule has 0 saturated heterocycles. The van der Waals surface area contributed by atoms with E-state index in [0.717, 1.165) is 42.3 Å². The Bertz CT molecular complexity index is 736. The van der Waals surface area contributed by atoms with E-state index in [-0.39, 0.29) is 0 Å². The van der Waals surface area contributed by atoms with E-state index in [1.807, 2.05) is 19.9 Å². The van der Waals surface area contributed by atoms with Gasteiger partial charge >= 0.3 is 0 Å². The average Bonchev–Trinajstić information content (AvgIpc) is 3.03. The number of hydrogen-bond acceptors (Lipinski definition) is 3. The Morgan fingerprint density at radius 3 is 2.81 bits per heavy atom. The summed E-state index contributed by atoms with van der Waals surface area (Å²) in [5, 5.41) is 5.21. The normalized spacial score (nSPS) is 11.2. The second-order valence-corrected chi connectivity index (χ2v) is 5.32. The maximum atomic E-state index is 5.68. The maximum Gasteiger partial charge on any atom is 0.138 e. The molecule has 2 aromatic heterocycles. The van der Waals surface area contributed by atoms with E-state index >= 15 is 0 Å². The molecule has 0 spiro atoms. The summed E-state index contributed by atoms with van der Waals surface area (Å²) in [6.07, 6.45) is 3.12. The summed E-state index contributed by atoms with van der Waals surface area (Å²) in [7, 11) is 0. The van der Waals surface area contributed by atoms with E-state index in [0.29, 0.717) is 0 Å². The number of aromatic nitrogens is 2. The van der Waals surface area contributed by atoms with Gasteiger partial charge in [0.25, 0.3) is 0 Å². The third-order valence-electron chi connectivity index (χ3n) is 3.72. The van der Waals surface area contributed by atoms with Crippen molar-refractivity contribution in [1.82, 2.24) is 9.72 Å². The molecule has 3 rings (SSSR count). The zero-order chi connectivity index (χ0) is 14.8. The van der Waals surface area contributed by atoms with E-state index in [4.69, 9.17) is 9.26 Å². The molecule has 2 heterocycles. The summed E-state index contributed by atoms with van der Waals surface area (Å²) >= 11 is 0. The van der Waals surface area contributed by atoms with Gasteiger partial charge in [-0.1, -0.05) is 12.1 Å². The number of ether oxygens (including phenoxy) is 1. The minimum atomic E-state index is 0.755. The van der Waals surface area contributed by atoms with Gasteiger partial charge in [0.15, 0.2) is 0 Å². The molecule has 3 aromatic rings. The fourth-order valence-electron chi connectivity index (χ4n) is 2.52. The average molecular weight is 284 g/mol. The van der Waals surface area contributed by atoms with Crippen LogP contribution < -0.4 is 4.74 Å². The molecule has 110 valence electrons. The Morgan fingerprint density at radius 2 is 2.10 bits per heavy atom. The molecule has 4 nitrogen and oxygen atoms in total. The van der Waals surface area contributed by atoms with Crippen LogP contribution in [0, 0.1) is 13.8 Å². The molecule has 1 aromatic carbocycles.